The monoisotopic (exact) mass is 360 g/mol. The summed E-state index contributed by atoms with van der Waals surface area (Å²) < 4.78 is 56.8. The number of hydrogen-bond acceptors (Lipinski definition) is 3. The number of hydrogen-bond donors (Lipinski definition) is 0. The van der Waals surface area contributed by atoms with Crippen molar-refractivity contribution in [3.63, 3.8) is 0 Å². The average Bonchev–Trinajstić information content (AvgIpc) is 2.41. The van der Waals surface area contributed by atoms with Crippen LogP contribution in [0, 0.1) is 17.1 Å². The second kappa shape index (κ2) is 5.69. The maximum Gasteiger partial charge on any atom is 0.433 e. The maximum absolute atomic E-state index is 13.6. The molecule has 108 valence electrons. The molecule has 0 unspecified atom stereocenters. The quantitative estimate of drug-likeness (QED) is 0.731. The van der Waals surface area contributed by atoms with Gasteiger partial charge >= 0.3 is 6.18 Å². The van der Waals surface area contributed by atoms with Crippen LogP contribution in [-0.4, -0.2) is 4.98 Å². The predicted molar refractivity (Wildman–Crippen MR) is 68.1 cm³/mol. The average molecular weight is 361 g/mol. The summed E-state index contributed by atoms with van der Waals surface area (Å²) in [6.45, 7) is 0. The van der Waals surface area contributed by atoms with Crippen LogP contribution in [0.15, 0.2) is 34.8 Å². The molecule has 0 N–H and O–H groups in total. The van der Waals surface area contributed by atoms with Crippen LogP contribution in [-0.2, 0) is 6.18 Å². The van der Waals surface area contributed by atoms with Gasteiger partial charge in [-0.1, -0.05) is 15.9 Å². The van der Waals surface area contributed by atoms with Crippen LogP contribution in [0.2, 0.25) is 0 Å². The Hall–Kier alpha value is -2.14. The van der Waals surface area contributed by atoms with E-state index >= 15 is 0 Å². The van der Waals surface area contributed by atoms with Gasteiger partial charge in [-0.2, -0.15) is 18.4 Å². The summed E-state index contributed by atoms with van der Waals surface area (Å²) in [6, 6.07) is 6.95. The third-order valence-corrected chi connectivity index (χ3v) is 2.86. The van der Waals surface area contributed by atoms with Crippen LogP contribution in [0.4, 0.5) is 17.6 Å². The lowest BCUT2D eigenvalue weighted by atomic mass is 10.2. The number of rotatable bonds is 2. The molecule has 21 heavy (non-hydrogen) atoms. The highest BCUT2D eigenvalue weighted by Crippen LogP contribution is 2.32. The molecule has 8 heteroatoms. The molecule has 1 aromatic carbocycles. The van der Waals surface area contributed by atoms with Crippen molar-refractivity contribution in [3.8, 4) is 17.7 Å². The fourth-order valence-electron chi connectivity index (χ4n) is 1.42. The van der Waals surface area contributed by atoms with Gasteiger partial charge in [0.2, 0.25) is 5.88 Å². The first-order valence-electron chi connectivity index (χ1n) is 5.42. The van der Waals surface area contributed by atoms with Crippen LogP contribution in [0.25, 0.3) is 0 Å². The summed E-state index contributed by atoms with van der Waals surface area (Å²) >= 11 is 3.04. The minimum Gasteiger partial charge on any atom is -0.435 e. The number of ether oxygens (including phenoxy) is 1. The van der Waals surface area contributed by atoms with Gasteiger partial charge in [0, 0.05) is 4.47 Å². The third-order valence-electron chi connectivity index (χ3n) is 2.37. The van der Waals surface area contributed by atoms with Crippen molar-refractivity contribution >= 4 is 15.9 Å². The van der Waals surface area contributed by atoms with Crippen molar-refractivity contribution in [2.75, 3.05) is 0 Å². The summed E-state index contributed by atoms with van der Waals surface area (Å²) in [5.74, 6) is -1.73. The lowest BCUT2D eigenvalue weighted by molar-refractivity contribution is -0.141. The first kappa shape index (κ1) is 15.3. The summed E-state index contributed by atoms with van der Waals surface area (Å²) in [5.41, 5.74) is -1.46. The van der Waals surface area contributed by atoms with Gasteiger partial charge in [0.25, 0.3) is 0 Å². The first-order chi connectivity index (χ1) is 9.81. The molecule has 1 aromatic heterocycles. The Bertz CT molecular complexity index is 725. The van der Waals surface area contributed by atoms with Gasteiger partial charge in [-0.15, -0.1) is 0 Å². The highest BCUT2D eigenvalue weighted by molar-refractivity contribution is 9.10. The molecule has 0 amide bonds. The highest BCUT2D eigenvalue weighted by Gasteiger charge is 2.33. The van der Waals surface area contributed by atoms with Crippen LogP contribution < -0.4 is 4.74 Å². The Labute approximate surface area is 124 Å². The zero-order valence-corrected chi connectivity index (χ0v) is 11.7. The fourth-order valence-corrected chi connectivity index (χ4v) is 1.76. The molecule has 2 aromatic rings. The van der Waals surface area contributed by atoms with Crippen LogP contribution in [0.1, 0.15) is 11.3 Å². The van der Waals surface area contributed by atoms with Gasteiger partial charge in [0.15, 0.2) is 11.6 Å². The van der Waals surface area contributed by atoms with Crippen LogP contribution in [0.5, 0.6) is 11.6 Å². The molecule has 0 aliphatic heterocycles. The van der Waals surface area contributed by atoms with Gasteiger partial charge in [-0.25, -0.2) is 9.37 Å². The molecule has 1 heterocycles. The molecule has 0 aliphatic carbocycles. The number of nitrogens with zero attached hydrogens (tertiary/aromatic N) is 2. The van der Waals surface area contributed by atoms with Crippen LogP contribution in [0.3, 0.4) is 0 Å². The zero-order chi connectivity index (χ0) is 15.6. The fraction of sp³-hybridized carbons (Fsp3) is 0.0769. The minimum atomic E-state index is -4.69. The van der Waals surface area contributed by atoms with Crippen molar-refractivity contribution in [1.29, 1.82) is 5.26 Å². The molecular formula is C13H5BrF4N2O. The van der Waals surface area contributed by atoms with E-state index in [-0.39, 0.29) is 11.3 Å². The standard InChI is InChI=1S/C13H5BrF4N2O/c14-8-2-3-10(9(15)5-8)21-12-7(6-19)1-4-11(20-12)13(16,17)18/h1-5H. The summed E-state index contributed by atoms with van der Waals surface area (Å²) in [6.07, 6.45) is -4.69. The number of nitriles is 1. The number of alkyl halides is 3. The second-order valence-corrected chi connectivity index (χ2v) is 4.75. The summed E-state index contributed by atoms with van der Waals surface area (Å²) in [4.78, 5) is 3.23. The van der Waals surface area contributed by atoms with E-state index in [1.165, 1.54) is 12.1 Å². The van der Waals surface area contributed by atoms with Crippen molar-refractivity contribution in [1.82, 2.24) is 4.98 Å². The smallest absolute Gasteiger partial charge is 0.433 e. The van der Waals surface area contributed by atoms with Crippen molar-refractivity contribution in [2.45, 2.75) is 6.18 Å². The maximum atomic E-state index is 13.6. The molecular weight excluding hydrogens is 356 g/mol. The number of pyridine rings is 1. The Morgan fingerprint density at radius 2 is 1.90 bits per heavy atom. The second-order valence-electron chi connectivity index (χ2n) is 3.84. The first-order valence-corrected chi connectivity index (χ1v) is 6.22. The number of aromatic nitrogens is 1. The largest absolute Gasteiger partial charge is 0.435 e. The Kier molecular flexibility index (Phi) is 4.14. The van der Waals surface area contributed by atoms with Gasteiger partial charge in [0.1, 0.15) is 17.3 Å². The summed E-state index contributed by atoms with van der Waals surface area (Å²) in [5, 5.41) is 8.85. The van der Waals surface area contributed by atoms with E-state index in [0.717, 1.165) is 12.1 Å². The Morgan fingerprint density at radius 1 is 1.19 bits per heavy atom. The van der Waals surface area contributed by atoms with E-state index < -0.39 is 23.6 Å². The van der Waals surface area contributed by atoms with E-state index in [9.17, 15) is 17.6 Å². The lowest BCUT2D eigenvalue weighted by Gasteiger charge is -2.10. The van der Waals surface area contributed by atoms with Gasteiger partial charge in [-0.3, -0.25) is 0 Å². The van der Waals surface area contributed by atoms with Gasteiger partial charge in [0.05, 0.1) is 0 Å². The number of halogens is 5. The van der Waals surface area contributed by atoms with Crippen LogP contribution >= 0.6 is 15.9 Å². The topological polar surface area (TPSA) is 45.9 Å². The Morgan fingerprint density at radius 3 is 2.48 bits per heavy atom. The molecule has 0 aliphatic rings. The van der Waals surface area contributed by atoms with Gasteiger partial charge < -0.3 is 4.74 Å². The molecule has 2 rings (SSSR count). The predicted octanol–water partition coefficient (Wildman–Crippen LogP) is 4.67. The summed E-state index contributed by atoms with van der Waals surface area (Å²) in [7, 11) is 0. The molecule has 0 saturated carbocycles. The normalized spacial score (nSPS) is 11.0. The van der Waals surface area contributed by atoms with E-state index in [1.54, 1.807) is 6.07 Å². The minimum absolute atomic E-state index is 0.231. The molecule has 0 saturated heterocycles. The van der Waals surface area contributed by atoms with E-state index in [2.05, 4.69) is 20.9 Å². The Balaban J connectivity index is 2.45. The van der Waals surface area contributed by atoms with E-state index in [0.29, 0.717) is 10.5 Å². The molecule has 0 fully saturated rings. The van der Waals surface area contributed by atoms with Gasteiger partial charge in [-0.05, 0) is 30.3 Å². The highest BCUT2D eigenvalue weighted by atomic mass is 79.9. The molecule has 0 radical (unpaired) electrons. The van der Waals surface area contributed by atoms with Crippen molar-refractivity contribution in [2.24, 2.45) is 0 Å². The third kappa shape index (κ3) is 3.49. The molecule has 0 atom stereocenters. The van der Waals surface area contributed by atoms with Crippen molar-refractivity contribution in [3.05, 3.63) is 51.9 Å². The zero-order valence-electron chi connectivity index (χ0n) is 10.1. The molecule has 3 nitrogen and oxygen atoms in total. The lowest BCUT2D eigenvalue weighted by Crippen LogP contribution is -2.09. The van der Waals surface area contributed by atoms with Crippen molar-refractivity contribution < 1.29 is 22.3 Å². The number of benzene rings is 1. The van der Waals surface area contributed by atoms with E-state index in [4.69, 9.17) is 10.00 Å². The SMILES string of the molecule is N#Cc1ccc(C(F)(F)F)nc1Oc1ccc(Br)cc1F. The molecule has 0 spiro atoms. The molecule has 0 bridgehead atoms. The van der Waals surface area contributed by atoms with E-state index in [1.807, 2.05) is 0 Å².